The highest BCUT2D eigenvalue weighted by atomic mass is 16.5. The van der Waals surface area contributed by atoms with Crippen molar-refractivity contribution in [2.24, 2.45) is 0 Å². The van der Waals surface area contributed by atoms with Gasteiger partial charge in [0.2, 0.25) is 0 Å². The third kappa shape index (κ3) is 3.64. The summed E-state index contributed by atoms with van der Waals surface area (Å²) in [5.41, 5.74) is 0. The Morgan fingerprint density at radius 2 is 1.38 bits per heavy atom. The topological polar surface area (TPSA) is 18.5 Å². The van der Waals surface area contributed by atoms with Crippen LogP contribution in [0.1, 0.15) is 39.5 Å². The lowest BCUT2D eigenvalue weighted by molar-refractivity contribution is 0.264. The Kier molecular flexibility index (Phi) is 5.58. The summed E-state index contributed by atoms with van der Waals surface area (Å²) in [6.07, 6.45) is 4.37. The van der Waals surface area contributed by atoms with E-state index >= 15 is 0 Å². The van der Waals surface area contributed by atoms with Gasteiger partial charge in [-0.15, -0.1) is 0 Å². The minimum Gasteiger partial charge on any atom is -0.490 e. The van der Waals surface area contributed by atoms with Gasteiger partial charge in [0.05, 0.1) is 13.2 Å². The van der Waals surface area contributed by atoms with Gasteiger partial charge in [-0.05, 0) is 47.2 Å². The summed E-state index contributed by atoms with van der Waals surface area (Å²) >= 11 is 0. The number of fused-ring (bicyclic) bond motifs is 2. The van der Waals surface area contributed by atoms with Crippen molar-refractivity contribution >= 4 is 21.5 Å². The predicted molar refractivity (Wildman–Crippen MR) is 102 cm³/mol. The number of ether oxygens (including phenoxy) is 2. The average molecular weight is 322 g/mol. The van der Waals surface area contributed by atoms with Crippen LogP contribution in [0.4, 0.5) is 0 Å². The fourth-order valence-electron chi connectivity index (χ4n) is 2.87. The van der Waals surface area contributed by atoms with Crippen molar-refractivity contribution in [2.75, 3.05) is 13.2 Å². The lowest BCUT2D eigenvalue weighted by atomic mass is 10.0. The van der Waals surface area contributed by atoms with Crippen LogP contribution in [0.3, 0.4) is 0 Å². The molecule has 0 unspecified atom stereocenters. The molecule has 0 bridgehead atoms. The molecule has 0 aliphatic carbocycles. The van der Waals surface area contributed by atoms with Crippen molar-refractivity contribution < 1.29 is 9.47 Å². The highest BCUT2D eigenvalue weighted by Crippen LogP contribution is 2.38. The number of rotatable bonds is 8. The average Bonchev–Trinajstić information content (AvgIpc) is 2.61. The molecule has 2 nitrogen and oxygen atoms in total. The number of benzene rings is 3. The Morgan fingerprint density at radius 1 is 0.708 bits per heavy atom. The van der Waals surface area contributed by atoms with E-state index in [9.17, 15) is 0 Å². The molecule has 0 N–H and O–H groups in total. The molecule has 0 atom stereocenters. The van der Waals surface area contributed by atoms with Crippen LogP contribution in [-0.2, 0) is 0 Å². The molecule has 0 saturated heterocycles. The predicted octanol–water partition coefficient (Wildman–Crippen LogP) is 6.35. The molecule has 3 aromatic rings. The molecule has 0 heterocycles. The molecule has 0 spiro atoms. The molecule has 0 amide bonds. The van der Waals surface area contributed by atoms with Gasteiger partial charge in [-0.2, -0.15) is 0 Å². The standard InChI is InChI=1S/C22H26O2/c1-3-5-13-23-21-12-11-19-15-17-9-7-8-10-18(17)16-20(19)22(21)24-14-6-4-2/h7-12,15-16H,3-6,13-14H2,1-2H3. The summed E-state index contributed by atoms with van der Waals surface area (Å²) < 4.78 is 12.1. The van der Waals surface area contributed by atoms with E-state index in [4.69, 9.17) is 9.47 Å². The quantitative estimate of drug-likeness (QED) is 0.355. The third-order valence-corrected chi connectivity index (χ3v) is 4.30. The minimum absolute atomic E-state index is 0.729. The van der Waals surface area contributed by atoms with E-state index in [1.54, 1.807) is 0 Å². The zero-order valence-electron chi connectivity index (χ0n) is 14.7. The second-order valence-electron chi connectivity index (χ2n) is 6.22. The van der Waals surface area contributed by atoms with Crippen molar-refractivity contribution in [3.63, 3.8) is 0 Å². The SMILES string of the molecule is CCCCOc1ccc2cc3ccccc3cc2c1OCCCC. The molecule has 0 saturated carbocycles. The molecule has 0 fully saturated rings. The Balaban J connectivity index is 2.05. The Labute approximate surface area is 144 Å². The summed E-state index contributed by atoms with van der Waals surface area (Å²) in [4.78, 5) is 0. The Hall–Kier alpha value is -2.22. The van der Waals surface area contributed by atoms with Crippen LogP contribution in [-0.4, -0.2) is 13.2 Å². The first kappa shape index (κ1) is 16.6. The van der Waals surface area contributed by atoms with Gasteiger partial charge in [0.1, 0.15) is 0 Å². The monoisotopic (exact) mass is 322 g/mol. The molecule has 3 rings (SSSR count). The van der Waals surface area contributed by atoms with Gasteiger partial charge in [-0.25, -0.2) is 0 Å². The first-order chi connectivity index (χ1) is 11.8. The van der Waals surface area contributed by atoms with E-state index in [0.29, 0.717) is 0 Å². The van der Waals surface area contributed by atoms with Gasteiger partial charge < -0.3 is 9.47 Å². The molecular formula is C22H26O2. The fraction of sp³-hybridized carbons (Fsp3) is 0.364. The third-order valence-electron chi connectivity index (χ3n) is 4.30. The molecule has 0 radical (unpaired) electrons. The summed E-state index contributed by atoms with van der Waals surface area (Å²) in [6.45, 7) is 5.82. The zero-order valence-corrected chi connectivity index (χ0v) is 14.7. The fourth-order valence-corrected chi connectivity index (χ4v) is 2.87. The van der Waals surface area contributed by atoms with Crippen LogP contribution >= 0.6 is 0 Å². The number of hydrogen-bond acceptors (Lipinski definition) is 2. The van der Waals surface area contributed by atoms with Gasteiger partial charge in [0.15, 0.2) is 11.5 Å². The molecule has 3 aromatic carbocycles. The maximum atomic E-state index is 6.15. The van der Waals surface area contributed by atoms with Crippen LogP contribution in [0.25, 0.3) is 21.5 Å². The van der Waals surface area contributed by atoms with Crippen LogP contribution < -0.4 is 9.47 Å². The van der Waals surface area contributed by atoms with Crippen molar-refractivity contribution in [3.8, 4) is 11.5 Å². The normalized spacial score (nSPS) is 11.1. The first-order valence-electron chi connectivity index (χ1n) is 9.04. The molecule has 0 aliphatic heterocycles. The first-order valence-corrected chi connectivity index (χ1v) is 9.04. The summed E-state index contributed by atoms with van der Waals surface area (Å²) in [6, 6.07) is 17.1. The minimum atomic E-state index is 0.729. The maximum Gasteiger partial charge on any atom is 0.168 e. The summed E-state index contributed by atoms with van der Waals surface area (Å²) in [5.74, 6) is 1.75. The molecular weight excluding hydrogens is 296 g/mol. The summed E-state index contributed by atoms with van der Waals surface area (Å²) in [5, 5.41) is 4.82. The second-order valence-corrected chi connectivity index (χ2v) is 6.22. The zero-order chi connectivity index (χ0) is 16.8. The van der Waals surface area contributed by atoms with Gasteiger partial charge in [-0.1, -0.05) is 57.0 Å². The van der Waals surface area contributed by atoms with Crippen molar-refractivity contribution in [2.45, 2.75) is 39.5 Å². The lowest BCUT2D eigenvalue weighted by Crippen LogP contribution is -2.03. The molecule has 126 valence electrons. The summed E-state index contributed by atoms with van der Waals surface area (Å²) in [7, 11) is 0. The molecule has 24 heavy (non-hydrogen) atoms. The molecule has 0 aromatic heterocycles. The van der Waals surface area contributed by atoms with Gasteiger partial charge >= 0.3 is 0 Å². The van der Waals surface area contributed by atoms with Crippen LogP contribution in [0, 0.1) is 0 Å². The van der Waals surface area contributed by atoms with E-state index in [0.717, 1.165) is 55.8 Å². The Bertz CT molecular complexity index is 808. The van der Waals surface area contributed by atoms with E-state index in [1.165, 1.54) is 16.2 Å². The molecule has 2 heteroatoms. The maximum absolute atomic E-state index is 6.15. The number of hydrogen-bond donors (Lipinski definition) is 0. The largest absolute Gasteiger partial charge is 0.490 e. The van der Waals surface area contributed by atoms with Gasteiger partial charge in [-0.3, -0.25) is 0 Å². The highest BCUT2D eigenvalue weighted by molar-refractivity contribution is 6.01. The van der Waals surface area contributed by atoms with E-state index in [1.807, 2.05) is 6.07 Å². The van der Waals surface area contributed by atoms with Crippen molar-refractivity contribution in [1.82, 2.24) is 0 Å². The van der Waals surface area contributed by atoms with Crippen molar-refractivity contribution in [3.05, 3.63) is 48.5 Å². The van der Waals surface area contributed by atoms with E-state index in [-0.39, 0.29) is 0 Å². The lowest BCUT2D eigenvalue weighted by Gasteiger charge is -2.16. The smallest absolute Gasteiger partial charge is 0.168 e. The van der Waals surface area contributed by atoms with E-state index < -0.39 is 0 Å². The Morgan fingerprint density at radius 3 is 2.08 bits per heavy atom. The highest BCUT2D eigenvalue weighted by Gasteiger charge is 2.11. The molecule has 0 aliphatic rings. The van der Waals surface area contributed by atoms with Crippen LogP contribution in [0.2, 0.25) is 0 Å². The van der Waals surface area contributed by atoms with E-state index in [2.05, 4.69) is 56.3 Å². The van der Waals surface area contributed by atoms with Gasteiger partial charge in [0, 0.05) is 5.39 Å². The number of unbranched alkanes of at least 4 members (excludes halogenated alkanes) is 2. The second kappa shape index (κ2) is 8.05. The van der Waals surface area contributed by atoms with Gasteiger partial charge in [0.25, 0.3) is 0 Å². The van der Waals surface area contributed by atoms with Crippen molar-refractivity contribution in [1.29, 1.82) is 0 Å². The van der Waals surface area contributed by atoms with Crippen LogP contribution in [0.15, 0.2) is 48.5 Å². The van der Waals surface area contributed by atoms with Crippen LogP contribution in [0.5, 0.6) is 11.5 Å².